The largest absolute Gasteiger partial charge is 0.481 e. The molecule has 0 radical (unpaired) electrons. The van der Waals surface area contributed by atoms with Crippen LogP contribution in [0.2, 0.25) is 0 Å². The second kappa shape index (κ2) is 4.10. The van der Waals surface area contributed by atoms with Gasteiger partial charge in [0, 0.05) is 31.7 Å². The molecule has 1 heterocycles. The molecule has 15 heavy (non-hydrogen) atoms. The molecule has 0 aromatic carbocycles. The van der Waals surface area contributed by atoms with E-state index < -0.39 is 5.97 Å². The molecular weight excluding hydrogens is 192 g/mol. The maximum Gasteiger partial charge on any atom is 0.309 e. The number of carboxylic acids is 1. The molecule has 1 saturated carbocycles. The van der Waals surface area contributed by atoms with Crippen molar-refractivity contribution < 1.29 is 9.90 Å². The van der Waals surface area contributed by atoms with Crippen LogP contribution < -0.4 is 0 Å². The summed E-state index contributed by atoms with van der Waals surface area (Å²) in [6, 6.07) is 1.13. The third-order valence-corrected chi connectivity index (χ3v) is 3.63. The number of hydrogen-bond acceptors (Lipinski definition) is 3. The van der Waals surface area contributed by atoms with Gasteiger partial charge in [0.05, 0.1) is 5.92 Å². The summed E-state index contributed by atoms with van der Waals surface area (Å²) in [5, 5.41) is 9.13. The minimum absolute atomic E-state index is 0.222. The molecule has 0 aromatic heterocycles. The Morgan fingerprint density at radius 1 is 1.27 bits per heavy atom. The first-order valence-electron chi connectivity index (χ1n) is 5.75. The predicted octanol–water partition coefficient (Wildman–Crippen LogP) is 0.486. The van der Waals surface area contributed by atoms with Crippen molar-refractivity contribution >= 4 is 5.97 Å². The number of rotatable bonds is 2. The van der Waals surface area contributed by atoms with E-state index in [2.05, 4.69) is 16.7 Å². The van der Waals surface area contributed by atoms with Crippen molar-refractivity contribution in [2.45, 2.75) is 31.8 Å². The van der Waals surface area contributed by atoms with Crippen LogP contribution in [0.15, 0.2) is 0 Å². The summed E-state index contributed by atoms with van der Waals surface area (Å²) in [7, 11) is 2.02. The lowest BCUT2D eigenvalue weighted by Crippen LogP contribution is -2.37. The predicted molar refractivity (Wildman–Crippen MR) is 57.8 cm³/mol. The maximum atomic E-state index is 11.1. The summed E-state index contributed by atoms with van der Waals surface area (Å²) in [5.41, 5.74) is 0. The third kappa shape index (κ3) is 2.49. The highest BCUT2D eigenvalue weighted by Crippen LogP contribution is 2.29. The minimum Gasteiger partial charge on any atom is -0.481 e. The number of hydrogen-bond donors (Lipinski definition) is 1. The number of nitrogens with zero attached hydrogens (tertiary/aromatic N) is 2. The lowest BCUT2D eigenvalue weighted by Gasteiger charge is -2.25. The van der Waals surface area contributed by atoms with Crippen LogP contribution in [-0.4, -0.2) is 59.6 Å². The Balaban J connectivity index is 2.05. The monoisotopic (exact) mass is 212 g/mol. The van der Waals surface area contributed by atoms with Crippen LogP contribution in [0.1, 0.15) is 19.8 Å². The third-order valence-electron chi connectivity index (χ3n) is 3.63. The summed E-state index contributed by atoms with van der Waals surface area (Å²) in [5.74, 6) is -0.873. The highest BCUT2D eigenvalue weighted by molar-refractivity contribution is 5.70. The summed E-state index contributed by atoms with van der Waals surface area (Å²) in [4.78, 5) is 15.6. The fourth-order valence-corrected chi connectivity index (χ4v) is 2.32. The van der Waals surface area contributed by atoms with Crippen LogP contribution in [0.25, 0.3) is 0 Å². The summed E-state index contributed by atoms with van der Waals surface area (Å²) in [6.45, 7) is 4.61. The van der Waals surface area contributed by atoms with Gasteiger partial charge in [-0.25, -0.2) is 0 Å². The topological polar surface area (TPSA) is 43.8 Å². The first-order valence-corrected chi connectivity index (χ1v) is 5.75. The zero-order valence-corrected chi connectivity index (χ0v) is 9.52. The van der Waals surface area contributed by atoms with Crippen molar-refractivity contribution in [3.8, 4) is 0 Å². The quantitative estimate of drug-likeness (QED) is 0.723. The summed E-state index contributed by atoms with van der Waals surface area (Å²) in [6.07, 6.45) is 2.51. The molecule has 1 saturated heterocycles. The average molecular weight is 212 g/mol. The molecule has 2 fully saturated rings. The van der Waals surface area contributed by atoms with Crippen LogP contribution in [0.4, 0.5) is 0 Å². The molecule has 4 heteroatoms. The van der Waals surface area contributed by atoms with E-state index in [-0.39, 0.29) is 5.92 Å². The SMILES string of the molecule is CC1CN(C2CC2)CC(C(=O)O)CN1C. The highest BCUT2D eigenvalue weighted by Gasteiger charge is 2.36. The Kier molecular flexibility index (Phi) is 2.98. The van der Waals surface area contributed by atoms with Crippen LogP contribution in [-0.2, 0) is 4.79 Å². The molecule has 0 bridgehead atoms. The molecule has 1 aliphatic heterocycles. The van der Waals surface area contributed by atoms with E-state index in [4.69, 9.17) is 5.11 Å². The van der Waals surface area contributed by atoms with Gasteiger partial charge in [-0.15, -0.1) is 0 Å². The van der Waals surface area contributed by atoms with Crippen molar-refractivity contribution in [2.24, 2.45) is 5.92 Å². The highest BCUT2D eigenvalue weighted by atomic mass is 16.4. The number of likely N-dealkylation sites (N-methyl/N-ethyl adjacent to an activating group) is 1. The van der Waals surface area contributed by atoms with Gasteiger partial charge in [-0.2, -0.15) is 0 Å². The lowest BCUT2D eigenvalue weighted by atomic mass is 10.1. The van der Waals surface area contributed by atoms with E-state index in [1.165, 1.54) is 12.8 Å². The molecule has 0 spiro atoms. The molecule has 2 unspecified atom stereocenters. The van der Waals surface area contributed by atoms with Crippen molar-refractivity contribution in [1.82, 2.24) is 9.80 Å². The molecule has 86 valence electrons. The van der Waals surface area contributed by atoms with Crippen LogP contribution in [0, 0.1) is 5.92 Å². The number of carbonyl (C=O) groups is 1. The van der Waals surface area contributed by atoms with Gasteiger partial charge in [-0.1, -0.05) is 0 Å². The van der Waals surface area contributed by atoms with E-state index in [0.29, 0.717) is 18.6 Å². The van der Waals surface area contributed by atoms with Crippen molar-refractivity contribution in [3.05, 3.63) is 0 Å². The van der Waals surface area contributed by atoms with Crippen LogP contribution >= 0.6 is 0 Å². The van der Waals surface area contributed by atoms with Crippen molar-refractivity contribution in [2.75, 3.05) is 26.7 Å². The Morgan fingerprint density at radius 3 is 2.47 bits per heavy atom. The van der Waals surface area contributed by atoms with Gasteiger partial charge in [-0.05, 0) is 26.8 Å². The second-order valence-corrected chi connectivity index (χ2v) is 5.01. The first kappa shape index (κ1) is 10.9. The molecule has 1 N–H and O–H groups in total. The molecule has 2 atom stereocenters. The van der Waals surface area contributed by atoms with E-state index in [1.54, 1.807) is 0 Å². The summed E-state index contributed by atoms with van der Waals surface area (Å²) < 4.78 is 0. The molecule has 0 aromatic rings. The van der Waals surface area contributed by atoms with Crippen molar-refractivity contribution in [3.63, 3.8) is 0 Å². The van der Waals surface area contributed by atoms with Gasteiger partial charge in [0.2, 0.25) is 0 Å². The van der Waals surface area contributed by atoms with Crippen LogP contribution in [0.3, 0.4) is 0 Å². The molecular formula is C11H20N2O2. The van der Waals surface area contributed by atoms with Gasteiger partial charge < -0.3 is 10.0 Å². The van der Waals surface area contributed by atoms with E-state index in [1.807, 2.05) is 7.05 Å². The van der Waals surface area contributed by atoms with Gasteiger partial charge in [0.1, 0.15) is 0 Å². The van der Waals surface area contributed by atoms with E-state index in [0.717, 1.165) is 13.1 Å². The standard InChI is InChI=1S/C11H20N2O2/c1-8-5-13(10-3-4-10)7-9(11(14)15)6-12(8)2/h8-10H,3-7H2,1-2H3,(H,14,15). The fourth-order valence-electron chi connectivity index (χ4n) is 2.32. The molecule has 4 nitrogen and oxygen atoms in total. The first-order chi connectivity index (χ1) is 7.08. The average Bonchev–Trinajstić information content (AvgIpc) is 2.95. The molecule has 2 aliphatic rings. The second-order valence-electron chi connectivity index (χ2n) is 5.01. The minimum atomic E-state index is -0.651. The number of carboxylic acid groups (broad SMARTS) is 1. The zero-order valence-electron chi connectivity index (χ0n) is 9.52. The Morgan fingerprint density at radius 2 is 1.93 bits per heavy atom. The maximum absolute atomic E-state index is 11.1. The van der Waals surface area contributed by atoms with Crippen LogP contribution in [0.5, 0.6) is 0 Å². The molecule has 0 amide bonds. The van der Waals surface area contributed by atoms with E-state index >= 15 is 0 Å². The summed E-state index contributed by atoms with van der Waals surface area (Å²) >= 11 is 0. The Bertz CT molecular complexity index is 253. The van der Waals surface area contributed by atoms with E-state index in [9.17, 15) is 4.79 Å². The molecule has 1 aliphatic carbocycles. The van der Waals surface area contributed by atoms with Gasteiger partial charge in [-0.3, -0.25) is 9.69 Å². The van der Waals surface area contributed by atoms with Crippen molar-refractivity contribution in [1.29, 1.82) is 0 Å². The number of aliphatic carboxylic acids is 1. The van der Waals surface area contributed by atoms with Gasteiger partial charge in [0.25, 0.3) is 0 Å². The Labute approximate surface area is 90.9 Å². The van der Waals surface area contributed by atoms with Gasteiger partial charge in [0.15, 0.2) is 0 Å². The lowest BCUT2D eigenvalue weighted by molar-refractivity contribution is -0.142. The molecule has 2 rings (SSSR count). The smallest absolute Gasteiger partial charge is 0.309 e. The normalized spacial score (nSPS) is 35.1. The Hall–Kier alpha value is -0.610. The fraction of sp³-hybridized carbons (Fsp3) is 0.909. The zero-order chi connectivity index (χ0) is 11.0. The van der Waals surface area contributed by atoms with Gasteiger partial charge >= 0.3 is 5.97 Å².